The van der Waals surface area contributed by atoms with Crippen molar-refractivity contribution in [1.29, 1.82) is 0 Å². The molecule has 1 heterocycles. The molecule has 1 aliphatic heterocycles. The van der Waals surface area contributed by atoms with E-state index in [1.165, 1.54) is 12.8 Å². The molecule has 1 saturated heterocycles. The van der Waals surface area contributed by atoms with E-state index < -0.39 is 5.92 Å². The molecule has 0 aromatic heterocycles. The van der Waals surface area contributed by atoms with Crippen molar-refractivity contribution in [3.8, 4) is 5.75 Å². The number of aromatic hydroxyl groups is 1. The fourth-order valence-corrected chi connectivity index (χ4v) is 4.79. The second kappa shape index (κ2) is 10.6. The van der Waals surface area contributed by atoms with E-state index in [4.69, 9.17) is 23.2 Å². The van der Waals surface area contributed by atoms with Crippen molar-refractivity contribution in [3.05, 3.63) is 99.5 Å². The number of nitrogens with zero attached hydrogens (tertiary/aromatic N) is 2. The van der Waals surface area contributed by atoms with Gasteiger partial charge in [0.05, 0.1) is 12.0 Å². The lowest BCUT2D eigenvalue weighted by Crippen LogP contribution is -2.41. The summed E-state index contributed by atoms with van der Waals surface area (Å²) in [6.45, 7) is 2.77. The lowest BCUT2D eigenvalue weighted by atomic mass is 9.89. The predicted molar refractivity (Wildman–Crippen MR) is 134 cm³/mol. The maximum absolute atomic E-state index is 14.1. The van der Waals surface area contributed by atoms with Crippen LogP contribution in [0.5, 0.6) is 5.75 Å². The number of rotatable bonds is 7. The van der Waals surface area contributed by atoms with Crippen LogP contribution in [0.3, 0.4) is 0 Å². The Bertz CT molecular complexity index is 1030. The molecule has 1 amide bonds. The Morgan fingerprint density at radius 1 is 0.909 bits per heavy atom. The molecule has 0 aliphatic carbocycles. The highest BCUT2D eigenvalue weighted by Gasteiger charge is 2.32. The Morgan fingerprint density at radius 3 is 1.97 bits per heavy atom. The van der Waals surface area contributed by atoms with E-state index in [2.05, 4.69) is 4.90 Å². The van der Waals surface area contributed by atoms with E-state index in [1.54, 1.807) is 12.1 Å². The van der Waals surface area contributed by atoms with Crippen molar-refractivity contribution in [2.45, 2.75) is 24.8 Å². The second-order valence-corrected chi connectivity index (χ2v) is 9.48. The van der Waals surface area contributed by atoms with Crippen LogP contribution in [0, 0.1) is 0 Å². The van der Waals surface area contributed by atoms with E-state index in [0.29, 0.717) is 10.0 Å². The predicted octanol–water partition coefficient (Wildman–Crippen LogP) is 6.13. The maximum Gasteiger partial charge on any atom is 0.234 e. The number of phenolic OH excluding ortho intramolecular Hbond substituents is 1. The van der Waals surface area contributed by atoms with Gasteiger partial charge in [0.25, 0.3) is 0 Å². The Hall–Kier alpha value is -2.53. The number of phenols is 1. The summed E-state index contributed by atoms with van der Waals surface area (Å²) in [6.07, 6.45) is 2.34. The number of halogens is 2. The van der Waals surface area contributed by atoms with E-state index in [0.717, 1.165) is 36.3 Å². The molecule has 4 nitrogen and oxygen atoms in total. The van der Waals surface area contributed by atoms with Crippen molar-refractivity contribution >= 4 is 29.1 Å². The molecule has 0 unspecified atom stereocenters. The van der Waals surface area contributed by atoms with Gasteiger partial charge >= 0.3 is 0 Å². The normalized spacial score (nSPS) is 15.0. The Morgan fingerprint density at radius 2 is 1.45 bits per heavy atom. The molecule has 4 rings (SSSR count). The van der Waals surface area contributed by atoms with Crippen LogP contribution < -0.4 is 0 Å². The molecule has 0 radical (unpaired) electrons. The molecule has 172 valence electrons. The largest absolute Gasteiger partial charge is 0.508 e. The highest BCUT2D eigenvalue weighted by Crippen LogP contribution is 2.33. The summed E-state index contributed by atoms with van der Waals surface area (Å²) in [5.74, 6) is -0.318. The molecule has 33 heavy (non-hydrogen) atoms. The third-order valence-electron chi connectivity index (χ3n) is 6.35. The van der Waals surface area contributed by atoms with Crippen LogP contribution in [-0.2, 0) is 4.79 Å². The number of hydrogen-bond acceptors (Lipinski definition) is 3. The fraction of sp³-hybridized carbons (Fsp3) is 0.296. The summed E-state index contributed by atoms with van der Waals surface area (Å²) < 4.78 is 0. The van der Waals surface area contributed by atoms with Crippen molar-refractivity contribution in [1.82, 2.24) is 9.80 Å². The lowest BCUT2D eigenvalue weighted by Gasteiger charge is -2.34. The van der Waals surface area contributed by atoms with Crippen LogP contribution in [0.15, 0.2) is 72.8 Å². The minimum Gasteiger partial charge on any atom is -0.508 e. The molecule has 0 spiro atoms. The smallest absolute Gasteiger partial charge is 0.234 e. The van der Waals surface area contributed by atoms with Crippen LogP contribution >= 0.6 is 23.2 Å². The molecular weight excluding hydrogens is 455 g/mol. The van der Waals surface area contributed by atoms with Gasteiger partial charge < -0.3 is 14.9 Å². The summed E-state index contributed by atoms with van der Waals surface area (Å²) in [4.78, 5) is 18.3. The first-order valence-corrected chi connectivity index (χ1v) is 12.0. The molecule has 6 heteroatoms. The van der Waals surface area contributed by atoms with Gasteiger partial charge in [0.1, 0.15) is 5.75 Å². The molecular formula is C27H28Cl2N2O2. The molecule has 0 saturated carbocycles. The first-order chi connectivity index (χ1) is 15.9. The van der Waals surface area contributed by atoms with E-state index in [9.17, 15) is 9.90 Å². The minimum atomic E-state index is -0.497. The highest BCUT2D eigenvalue weighted by atomic mass is 35.5. The summed E-state index contributed by atoms with van der Waals surface area (Å²) in [6, 6.07) is 21.9. The third-order valence-corrected chi connectivity index (χ3v) is 6.86. The zero-order valence-corrected chi connectivity index (χ0v) is 20.1. The van der Waals surface area contributed by atoms with Gasteiger partial charge in [-0.25, -0.2) is 0 Å². The van der Waals surface area contributed by atoms with Gasteiger partial charge in [0.15, 0.2) is 0 Å². The quantitative estimate of drug-likeness (QED) is 0.440. The number of benzene rings is 3. The summed E-state index contributed by atoms with van der Waals surface area (Å²) >= 11 is 12.2. The molecule has 0 bridgehead atoms. The molecule has 3 aromatic rings. The first-order valence-electron chi connectivity index (χ1n) is 11.2. The number of amides is 1. The highest BCUT2D eigenvalue weighted by molar-refractivity contribution is 6.30. The number of hydrogen-bond donors (Lipinski definition) is 1. The third kappa shape index (κ3) is 5.70. The summed E-state index contributed by atoms with van der Waals surface area (Å²) in [7, 11) is 1.85. The minimum absolute atomic E-state index is 0.0211. The molecule has 1 fully saturated rings. The van der Waals surface area contributed by atoms with E-state index in [-0.39, 0.29) is 17.7 Å². The average Bonchev–Trinajstić information content (AvgIpc) is 3.33. The number of carbonyl (C=O) groups excluding carboxylic acids is 1. The van der Waals surface area contributed by atoms with Crippen molar-refractivity contribution in [2.24, 2.45) is 0 Å². The van der Waals surface area contributed by atoms with Crippen molar-refractivity contribution in [2.75, 3.05) is 26.7 Å². The Labute approximate surface area is 205 Å². The van der Waals surface area contributed by atoms with Crippen molar-refractivity contribution < 1.29 is 9.90 Å². The monoisotopic (exact) mass is 482 g/mol. The first kappa shape index (κ1) is 23.6. The molecule has 3 aromatic carbocycles. The van der Waals surface area contributed by atoms with Crippen LogP contribution in [0.2, 0.25) is 10.0 Å². The number of likely N-dealkylation sites (N-methyl/N-ethyl adjacent to an activating group) is 1. The van der Waals surface area contributed by atoms with Gasteiger partial charge in [0, 0.05) is 23.6 Å². The lowest BCUT2D eigenvalue weighted by molar-refractivity contribution is -0.133. The van der Waals surface area contributed by atoms with E-state index in [1.807, 2.05) is 72.6 Å². The van der Waals surface area contributed by atoms with Crippen LogP contribution in [0.25, 0.3) is 0 Å². The zero-order chi connectivity index (χ0) is 23.4. The van der Waals surface area contributed by atoms with Gasteiger partial charge in [0.2, 0.25) is 5.91 Å². The van der Waals surface area contributed by atoms with Crippen LogP contribution in [0.1, 0.15) is 41.5 Å². The van der Waals surface area contributed by atoms with Crippen molar-refractivity contribution in [3.63, 3.8) is 0 Å². The maximum atomic E-state index is 14.1. The SMILES string of the molecule is CN(C(=O)C(c1ccc(Cl)cc1)c1ccc(Cl)cc1)[C@H](CN1CCCC1)c1cccc(O)c1. The molecule has 1 N–H and O–H groups in total. The van der Waals surface area contributed by atoms with Crippen LogP contribution in [0.4, 0.5) is 0 Å². The zero-order valence-electron chi connectivity index (χ0n) is 18.6. The van der Waals surface area contributed by atoms with Gasteiger partial charge in [-0.05, 0) is 79.0 Å². The van der Waals surface area contributed by atoms with Gasteiger partial charge in [-0.3, -0.25) is 4.79 Å². The Balaban J connectivity index is 1.71. The molecule has 1 atom stereocenters. The number of carbonyl (C=O) groups is 1. The topological polar surface area (TPSA) is 43.8 Å². The summed E-state index contributed by atoms with van der Waals surface area (Å²) in [5.41, 5.74) is 2.66. The fourth-order valence-electron chi connectivity index (χ4n) is 4.54. The van der Waals surface area contributed by atoms with Crippen LogP contribution in [-0.4, -0.2) is 47.5 Å². The number of likely N-dealkylation sites (tertiary alicyclic amines) is 1. The van der Waals surface area contributed by atoms with Gasteiger partial charge in [-0.1, -0.05) is 59.6 Å². The molecule has 1 aliphatic rings. The summed E-state index contributed by atoms with van der Waals surface area (Å²) in [5, 5.41) is 11.4. The Kier molecular flexibility index (Phi) is 7.59. The standard InChI is InChI=1S/C27H28Cl2N2O2/c1-30(25(18-31-15-2-3-16-31)21-5-4-6-24(32)17-21)27(33)26(19-7-11-22(28)12-8-19)20-9-13-23(29)14-10-20/h4-14,17,25-26,32H,2-3,15-16,18H2,1H3/t25-/m1/s1. The average molecular weight is 483 g/mol. The van der Waals surface area contributed by atoms with Gasteiger partial charge in [-0.2, -0.15) is 0 Å². The van der Waals surface area contributed by atoms with Gasteiger partial charge in [-0.15, -0.1) is 0 Å². The second-order valence-electron chi connectivity index (χ2n) is 8.60. The van der Waals surface area contributed by atoms with E-state index >= 15 is 0 Å².